The molecule has 0 unspecified atom stereocenters. The number of carbonyl (C=O) groups is 1. The molecule has 0 amide bonds. The Morgan fingerprint density at radius 3 is 2.24 bits per heavy atom. The van der Waals surface area contributed by atoms with E-state index in [1.165, 1.54) is 16.7 Å². The normalized spacial score (nSPS) is 11.6. The first kappa shape index (κ1) is 19.2. The van der Waals surface area contributed by atoms with Crippen molar-refractivity contribution < 1.29 is 9.53 Å². The van der Waals surface area contributed by atoms with Crippen LogP contribution in [0.3, 0.4) is 0 Å². The zero-order valence-electron chi connectivity index (χ0n) is 16.3. The second-order valence-corrected chi connectivity index (χ2v) is 8.12. The first-order chi connectivity index (χ1) is 11.7. The lowest BCUT2D eigenvalue weighted by atomic mass is 9.85. The van der Waals surface area contributed by atoms with Crippen molar-refractivity contribution in [3.05, 3.63) is 64.7 Å². The molecule has 0 saturated carbocycles. The Labute approximate surface area is 152 Å². The summed E-state index contributed by atoms with van der Waals surface area (Å²) in [7, 11) is 0. The zero-order chi connectivity index (χ0) is 18.6. The van der Waals surface area contributed by atoms with Gasteiger partial charge in [0, 0.05) is 12.0 Å². The highest BCUT2D eigenvalue weighted by Gasteiger charge is 2.20. The molecule has 0 atom stereocenters. The molecule has 25 heavy (non-hydrogen) atoms. The topological polar surface area (TPSA) is 26.3 Å². The maximum absolute atomic E-state index is 12.3. The molecule has 2 aromatic rings. The highest BCUT2D eigenvalue weighted by atomic mass is 16.5. The second-order valence-electron chi connectivity index (χ2n) is 8.12. The molecular formula is C23H30O2. The van der Waals surface area contributed by atoms with Gasteiger partial charge in [-0.2, -0.15) is 0 Å². The van der Waals surface area contributed by atoms with Crippen molar-refractivity contribution in [3.8, 4) is 5.75 Å². The van der Waals surface area contributed by atoms with Crippen LogP contribution < -0.4 is 4.74 Å². The number of esters is 1. The standard InChI is InChI=1S/C23H30O2/c1-16(2)19-11-8-18(9-12-19)10-14-22(24)25-21-13-7-17(3)15-20(21)23(4,5)6/h7-9,11-13,15-16H,10,14H2,1-6H3. The van der Waals surface area contributed by atoms with E-state index in [-0.39, 0.29) is 11.4 Å². The molecule has 2 nitrogen and oxygen atoms in total. The van der Waals surface area contributed by atoms with E-state index >= 15 is 0 Å². The van der Waals surface area contributed by atoms with Gasteiger partial charge in [0.25, 0.3) is 0 Å². The molecule has 0 bridgehead atoms. The number of benzene rings is 2. The SMILES string of the molecule is Cc1ccc(OC(=O)CCc2ccc(C(C)C)cc2)c(C(C)(C)C)c1. The van der Waals surface area contributed by atoms with E-state index in [1.54, 1.807) is 0 Å². The number of rotatable bonds is 5. The first-order valence-corrected chi connectivity index (χ1v) is 9.07. The second kappa shape index (κ2) is 7.86. The molecule has 0 aliphatic heterocycles. The predicted molar refractivity (Wildman–Crippen MR) is 104 cm³/mol. The number of hydrogen-bond donors (Lipinski definition) is 0. The van der Waals surface area contributed by atoms with Crippen molar-refractivity contribution in [1.82, 2.24) is 0 Å². The summed E-state index contributed by atoms with van der Waals surface area (Å²) in [6.45, 7) is 12.8. The van der Waals surface area contributed by atoms with Crippen LogP contribution in [0.4, 0.5) is 0 Å². The molecule has 0 N–H and O–H groups in total. The molecule has 134 valence electrons. The summed E-state index contributed by atoms with van der Waals surface area (Å²) in [5.74, 6) is 1.02. The summed E-state index contributed by atoms with van der Waals surface area (Å²) in [6, 6.07) is 14.5. The minimum atomic E-state index is -0.178. The lowest BCUT2D eigenvalue weighted by molar-refractivity contribution is -0.134. The maximum Gasteiger partial charge on any atom is 0.311 e. The van der Waals surface area contributed by atoms with E-state index < -0.39 is 0 Å². The molecule has 0 saturated heterocycles. The van der Waals surface area contributed by atoms with Gasteiger partial charge in [-0.05, 0) is 41.9 Å². The number of carbonyl (C=O) groups excluding carboxylic acids is 1. The molecule has 0 aromatic heterocycles. The van der Waals surface area contributed by atoms with Crippen molar-refractivity contribution in [2.75, 3.05) is 0 Å². The average molecular weight is 338 g/mol. The molecule has 0 radical (unpaired) electrons. The molecule has 2 aromatic carbocycles. The Kier molecular flexibility index (Phi) is 6.05. The Hall–Kier alpha value is -2.09. The zero-order valence-corrected chi connectivity index (χ0v) is 16.3. The van der Waals surface area contributed by atoms with E-state index in [4.69, 9.17) is 4.74 Å². The summed E-state index contributed by atoms with van der Waals surface area (Å²) in [5, 5.41) is 0. The van der Waals surface area contributed by atoms with Gasteiger partial charge in [-0.3, -0.25) is 4.79 Å². The van der Waals surface area contributed by atoms with Crippen LogP contribution in [-0.4, -0.2) is 5.97 Å². The van der Waals surface area contributed by atoms with E-state index in [0.717, 1.165) is 5.56 Å². The largest absolute Gasteiger partial charge is 0.426 e. The number of aryl methyl sites for hydroxylation is 2. The summed E-state index contributed by atoms with van der Waals surface area (Å²) in [6.07, 6.45) is 1.09. The highest BCUT2D eigenvalue weighted by molar-refractivity contribution is 5.73. The number of ether oxygens (including phenoxy) is 1. The summed E-state index contributed by atoms with van der Waals surface area (Å²) in [4.78, 5) is 12.3. The van der Waals surface area contributed by atoms with Gasteiger partial charge in [0.1, 0.15) is 5.75 Å². The fraction of sp³-hybridized carbons (Fsp3) is 0.435. The van der Waals surface area contributed by atoms with Crippen LogP contribution in [0.1, 0.15) is 69.2 Å². The van der Waals surface area contributed by atoms with Crippen LogP contribution >= 0.6 is 0 Å². The highest BCUT2D eigenvalue weighted by Crippen LogP contribution is 2.32. The predicted octanol–water partition coefficient (Wildman–Crippen LogP) is 5.95. The minimum absolute atomic E-state index is 0.0612. The van der Waals surface area contributed by atoms with Gasteiger partial charge in [-0.25, -0.2) is 0 Å². The minimum Gasteiger partial charge on any atom is -0.426 e. The average Bonchev–Trinajstić information content (AvgIpc) is 2.54. The third kappa shape index (κ3) is 5.45. The molecule has 0 fully saturated rings. The fourth-order valence-electron chi connectivity index (χ4n) is 2.81. The Morgan fingerprint density at radius 2 is 1.68 bits per heavy atom. The van der Waals surface area contributed by atoms with Crippen LogP contribution in [0.2, 0.25) is 0 Å². The molecule has 0 aliphatic carbocycles. The maximum atomic E-state index is 12.3. The Bertz CT molecular complexity index is 719. The lowest BCUT2D eigenvalue weighted by Crippen LogP contribution is -2.17. The van der Waals surface area contributed by atoms with Crippen molar-refractivity contribution in [3.63, 3.8) is 0 Å². The van der Waals surface area contributed by atoms with Gasteiger partial charge in [0.2, 0.25) is 0 Å². The Balaban J connectivity index is 2.01. The van der Waals surface area contributed by atoms with Gasteiger partial charge in [-0.1, -0.05) is 76.6 Å². The van der Waals surface area contributed by atoms with Gasteiger partial charge in [0.05, 0.1) is 0 Å². The van der Waals surface area contributed by atoms with E-state index in [0.29, 0.717) is 24.5 Å². The smallest absolute Gasteiger partial charge is 0.311 e. The van der Waals surface area contributed by atoms with Gasteiger partial charge < -0.3 is 4.74 Å². The molecule has 2 heteroatoms. The summed E-state index contributed by atoms with van der Waals surface area (Å²) in [5.41, 5.74) is 4.67. The lowest BCUT2D eigenvalue weighted by Gasteiger charge is -2.22. The summed E-state index contributed by atoms with van der Waals surface area (Å²) < 4.78 is 5.67. The van der Waals surface area contributed by atoms with Gasteiger partial charge in [0.15, 0.2) is 0 Å². The van der Waals surface area contributed by atoms with Gasteiger partial charge in [-0.15, -0.1) is 0 Å². The first-order valence-electron chi connectivity index (χ1n) is 9.07. The van der Waals surface area contributed by atoms with Crippen LogP contribution in [0.25, 0.3) is 0 Å². The van der Waals surface area contributed by atoms with Crippen LogP contribution in [0.5, 0.6) is 5.75 Å². The van der Waals surface area contributed by atoms with Gasteiger partial charge >= 0.3 is 5.97 Å². The molecule has 0 spiro atoms. The molecule has 2 rings (SSSR count). The van der Waals surface area contributed by atoms with Crippen LogP contribution in [-0.2, 0) is 16.6 Å². The van der Waals surface area contributed by atoms with Crippen molar-refractivity contribution in [2.45, 2.75) is 65.7 Å². The molecule has 0 aliphatic rings. The van der Waals surface area contributed by atoms with Crippen molar-refractivity contribution >= 4 is 5.97 Å². The Morgan fingerprint density at radius 1 is 1.04 bits per heavy atom. The number of hydrogen-bond acceptors (Lipinski definition) is 2. The fourth-order valence-corrected chi connectivity index (χ4v) is 2.81. The third-order valence-electron chi connectivity index (χ3n) is 4.43. The van der Waals surface area contributed by atoms with Crippen LogP contribution in [0.15, 0.2) is 42.5 Å². The molecular weight excluding hydrogens is 308 g/mol. The van der Waals surface area contributed by atoms with Crippen LogP contribution in [0, 0.1) is 6.92 Å². The monoisotopic (exact) mass is 338 g/mol. The van der Waals surface area contributed by atoms with Crippen molar-refractivity contribution in [1.29, 1.82) is 0 Å². The van der Waals surface area contributed by atoms with Crippen molar-refractivity contribution in [2.24, 2.45) is 0 Å². The quantitative estimate of drug-likeness (QED) is 0.497. The summed E-state index contributed by atoms with van der Waals surface area (Å²) >= 11 is 0. The van der Waals surface area contributed by atoms with E-state index in [2.05, 4.69) is 71.9 Å². The molecule has 0 heterocycles. The van der Waals surface area contributed by atoms with E-state index in [1.807, 2.05) is 12.1 Å². The third-order valence-corrected chi connectivity index (χ3v) is 4.43. The van der Waals surface area contributed by atoms with E-state index in [9.17, 15) is 4.79 Å².